The van der Waals surface area contributed by atoms with Crippen LogP contribution in [-0.2, 0) is 14.8 Å². The van der Waals surface area contributed by atoms with Crippen molar-refractivity contribution in [2.24, 2.45) is 5.41 Å². The molecule has 0 spiro atoms. The molecule has 4 N–H and O–H groups in total. The molecule has 0 heterocycles. The summed E-state index contributed by atoms with van der Waals surface area (Å²) < 4.78 is 31.0. The van der Waals surface area contributed by atoms with E-state index in [9.17, 15) is 8.42 Å². The normalized spacial score (nSPS) is 12.4. The number of methoxy groups -OCH3 is 1. The summed E-state index contributed by atoms with van der Waals surface area (Å²) in [4.78, 5) is 0.191. The van der Waals surface area contributed by atoms with Crippen molar-refractivity contribution in [3.63, 3.8) is 0 Å². The molecule has 0 atom stereocenters. The van der Waals surface area contributed by atoms with Gasteiger partial charge in [-0.2, -0.15) is 0 Å². The van der Waals surface area contributed by atoms with E-state index in [1.165, 1.54) is 13.1 Å². The molecule has 0 fully saturated rings. The first-order chi connectivity index (χ1) is 9.72. The molecule has 0 saturated carbocycles. The van der Waals surface area contributed by atoms with E-state index in [-0.39, 0.29) is 10.3 Å². The number of sulfonamides is 1. The predicted octanol–water partition coefficient (Wildman–Crippen LogP) is 1.65. The highest BCUT2D eigenvalue weighted by molar-refractivity contribution is 7.89. The third kappa shape index (κ3) is 5.18. The van der Waals surface area contributed by atoms with Gasteiger partial charge in [-0.3, -0.25) is 0 Å². The van der Waals surface area contributed by atoms with Crippen molar-refractivity contribution in [3.8, 4) is 0 Å². The lowest BCUT2D eigenvalue weighted by atomic mass is 9.89. The standard InChI is InChI=1S/C14H25N3O3S/c1-14(2,7-8-20-4)10-17-13-9-11(5-6-12(13)15)21(18,19)16-3/h5-6,9,16-17H,7-8,10,15H2,1-4H3. The summed E-state index contributed by atoms with van der Waals surface area (Å²) in [5, 5.41) is 3.23. The Kier molecular flexibility index (Phi) is 6.00. The molecule has 6 nitrogen and oxygen atoms in total. The largest absolute Gasteiger partial charge is 0.397 e. The van der Waals surface area contributed by atoms with Gasteiger partial charge in [-0.05, 0) is 37.1 Å². The number of nitrogen functional groups attached to an aromatic ring is 1. The van der Waals surface area contributed by atoms with E-state index in [0.29, 0.717) is 24.5 Å². The quantitative estimate of drug-likeness (QED) is 0.634. The smallest absolute Gasteiger partial charge is 0.240 e. The molecule has 0 aliphatic heterocycles. The van der Waals surface area contributed by atoms with E-state index in [2.05, 4.69) is 23.9 Å². The summed E-state index contributed by atoms with van der Waals surface area (Å²) in [6.07, 6.45) is 0.894. The fourth-order valence-electron chi connectivity index (χ4n) is 1.77. The molecule has 120 valence electrons. The number of rotatable bonds is 8. The summed E-state index contributed by atoms with van der Waals surface area (Å²) in [6, 6.07) is 4.63. The van der Waals surface area contributed by atoms with Crippen LogP contribution in [0.15, 0.2) is 23.1 Å². The second-order valence-corrected chi connectivity index (χ2v) is 7.60. The monoisotopic (exact) mass is 315 g/mol. The van der Waals surface area contributed by atoms with Crippen LogP contribution in [0.1, 0.15) is 20.3 Å². The second-order valence-electron chi connectivity index (χ2n) is 5.72. The Balaban J connectivity index is 2.86. The van der Waals surface area contributed by atoms with Crippen molar-refractivity contribution in [1.82, 2.24) is 4.72 Å². The van der Waals surface area contributed by atoms with Gasteiger partial charge in [0.1, 0.15) is 0 Å². The van der Waals surface area contributed by atoms with Gasteiger partial charge in [0, 0.05) is 20.3 Å². The number of benzene rings is 1. The van der Waals surface area contributed by atoms with Crippen molar-refractivity contribution in [3.05, 3.63) is 18.2 Å². The van der Waals surface area contributed by atoms with Crippen molar-refractivity contribution >= 4 is 21.4 Å². The molecule has 0 aliphatic rings. The topological polar surface area (TPSA) is 93.5 Å². The van der Waals surface area contributed by atoms with E-state index in [1.54, 1.807) is 19.2 Å². The summed E-state index contributed by atoms with van der Waals surface area (Å²) in [7, 11) is -0.415. The Morgan fingerprint density at radius 3 is 2.57 bits per heavy atom. The lowest BCUT2D eigenvalue weighted by Gasteiger charge is -2.25. The highest BCUT2D eigenvalue weighted by atomic mass is 32.2. The van der Waals surface area contributed by atoms with Crippen molar-refractivity contribution in [2.45, 2.75) is 25.2 Å². The van der Waals surface area contributed by atoms with Gasteiger partial charge in [0.25, 0.3) is 0 Å². The first kappa shape index (κ1) is 17.7. The van der Waals surface area contributed by atoms with E-state index < -0.39 is 10.0 Å². The van der Waals surface area contributed by atoms with Crippen LogP contribution in [0.4, 0.5) is 11.4 Å². The highest BCUT2D eigenvalue weighted by Crippen LogP contribution is 2.26. The van der Waals surface area contributed by atoms with Crippen LogP contribution in [0.3, 0.4) is 0 Å². The van der Waals surface area contributed by atoms with Crippen LogP contribution in [0.25, 0.3) is 0 Å². The van der Waals surface area contributed by atoms with Crippen LogP contribution >= 0.6 is 0 Å². The third-order valence-corrected chi connectivity index (χ3v) is 4.76. The average Bonchev–Trinajstić information content (AvgIpc) is 2.44. The van der Waals surface area contributed by atoms with E-state index in [0.717, 1.165) is 6.42 Å². The zero-order valence-electron chi connectivity index (χ0n) is 13.1. The fraction of sp³-hybridized carbons (Fsp3) is 0.571. The van der Waals surface area contributed by atoms with Crippen LogP contribution in [0, 0.1) is 5.41 Å². The first-order valence-corrected chi connectivity index (χ1v) is 8.26. The van der Waals surface area contributed by atoms with E-state index >= 15 is 0 Å². The minimum atomic E-state index is -3.47. The zero-order valence-corrected chi connectivity index (χ0v) is 13.9. The molecular formula is C14H25N3O3S. The molecule has 0 aliphatic carbocycles. The van der Waals surface area contributed by atoms with Gasteiger partial charge in [-0.15, -0.1) is 0 Å². The fourth-order valence-corrected chi connectivity index (χ4v) is 2.53. The van der Waals surface area contributed by atoms with Gasteiger partial charge in [0.2, 0.25) is 10.0 Å². The summed E-state index contributed by atoms with van der Waals surface area (Å²) in [5.74, 6) is 0. The first-order valence-electron chi connectivity index (χ1n) is 6.78. The number of nitrogens with one attached hydrogen (secondary N) is 2. The van der Waals surface area contributed by atoms with E-state index in [1.807, 2.05) is 0 Å². The molecule has 1 aromatic rings. The maximum atomic E-state index is 11.8. The van der Waals surface area contributed by atoms with Gasteiger partial charge < -0.3 is 15.8 Å². The molecule has 0 aromatic heterocycles. The van der Waals surface area contributed by atoms with Crippen LogP contribution in [0.2, 0.25) is 0 Å². The maximum Gasteiger partial charge on any atom is 0.240 e. The molecule has 0 unspecified atom stereocenters. The van der Waals surface area contributed by atoms with Gasteiger partial charge in [0.05, 0.1) is 16.3 Å². The van der Waals surface area contributed by atoms with Crippen molar-refractivity contribution < 1.29 is 13.2 Å². The lowest BCUT2D eigenvalue weighted by molar-refractivity contribution is 0.157. The minimum absolute atomic E-state index is 0.0142. The van der Waals surface area contributed by atoms with Crippen molar-refractivity contribution in [2.75, 3.05) is 38.4 Å². The number of hydrogen-bond acceptors (Lipinski definition) is 5. The zero-order chi connectivity index (χ0) is 16.1. The minimum Gasteiger partial charge on any atom is -0.397 e. The number of ether oxygens (including phenoxy) is 1. The maximum absolute atomic E-state index is 11.8. The lowest BCUT2D eigenvalue weighted by Crippen LogP contribution is -2.25. The summed E-state index contributed by atoms with van der Waals surface area (Å²) >= 11 is 0. The van der Waals surface area contributed by atoms with Crippen molar-refractivity contribution in [1.29, 1.82) is 0 Å². The summed E-state index contributed by atoms with van der Waals surface area (Å²) in [6.45, 7) is 5.58. The predicted molar refractivity (Wildman–Crippen MR) is 85.9 cm³/mol. The van der Waals surface area contributed by atoms with E-state index in [4.69, 9.17) is 10.5 Å². The molecule has 0 amide bonds. The van der Waals surface area contributed by atoms with Crippen LogP contribution in [0.5, 0.6) is 0 Å². The summed E-state index contributed by atoms with van der Waals surface area (Å²) in [5.41, 5.74) is 7.06. The number of nitrogens with two attached hydrogens (primary N) is 1. The van der Waals surface area contributed by atoms with Gasteiger partial charge in [-0.1, -0.05) is 13.8 Å². The number of hydrogen-bond donors (Lipinski definition) is 3. The highest BCUT2D eigenvalue weighted by Gasteiger charge is 2.19. The molecular weight excluding hydrogens is 290 g/mol. The molecule has 0 bridgehead atoms. The Labute approximate surface area is 127 Å². The third-order valence-electron chi connectivity index (χ3n) is 3.34. The molecule has 0 radical (unpaired) electrons. The van der Waals surface area contributed by atoms with Gasteiger partial charge in [0.15, 0.2) is 0 Å². The molecule has 1 rings (SSSR count). The second kappa shape index (κ2) is 7.11. The Bertz CT molecular complexity index is 571. The molecule has 0 saturated heterocycles. The van der Waals surface area contributed by atoms with Gasteiger partial charge in [-0.25, -0.2) is 13.1 Å². The Morgan fingerprint density at radius 1 is 1.33 bits per heavy atom. The van der Waals surface area contributed by atoms with Crippen LogP contribution in [-0.4, -0.2) is 35.7 Å². The molecule has 21 heavy (non-hydrogen) atoms. The molecule has 1 aromatic carbocycles. The average molecular weight is 315 g/mol. The Hall–Kier alpha value is -1.31. The number of anilines is 2. The molecule has 7 heteroatoms. The van der Waals surface area contributed by atoms with Crippen LogP contribution < -0.4 is 15.8 Å². The van der Waals surface area contributed by atoms with Gasteiger partial charge >= 0.3 is 0 Å². The Morgan fingerprint density at radius 2 is 2.00 bits per heavy atom. The SMILES string of the molecule is CNS(=O)(=O)c1ccc(N)c(NCC(C)(C)CCOC)c1.